The Morgan fingerprint density at radius 1 is 1.07 bits per heavy atom. The molecule has 0 saturated carbocycles. The summed E-state index contributed by atoms with van der Waals surface area (Å²) in [5.41, 5.74) is -0.160. The second-order valence-corrected chi connectivity index (χ2v) is 4.83. The maximum atomic E-state index is 11.5. The Bertz CT molecular complexity index is 156. The third-order valence-electron chi connectivity index (χ3n) is 2.34. The van der Waals surface area contributed by atoms with E-state index in [0.717, 1.165) is 32.3 Å². The maximum absolute atomic E-state index is 11.5. The van der Waals surface area contributed by atoms with E-state index in [0.29, 0.717) is 5.78 Å². The van der Waals surface area contributed by atoms with E-state index in [1.165, 1.54) is 6.42 Å². The molecule has 0 bridgehead atoms. The van der Waals surface area contributed by atoms with Crippen molar-refractivity contribution < 1.29 is 9.53 Å². The Kier molecular flexibility index (Phi) is 6.81. The number of unbranched alkanes of at least 4 members (excludes halogenated alkanes) is 3. The van der Waals surface area contributed by atoms with Gasteiger partial charge in [-0.3, -0.25) is 4.79 Å². The molecule has 0 saturated heterocycles. The molecular weight excluding hydrogens is 176 g/mol. The van der Waals surface area contributed by atoms with Crippen molar-refractivity contribution in [3.8, 4) is 0 Å². The molecule has 0 amide bonds. The van der Waals surface area contributed by atoms with Crippen LogP contribution in [0.4, 0.5) is 0 Å². The van der Waals surface area contributed by atoms with E-state index >= 15 is 0 Å². The van der Waals surface area contributed by atoms with E-state index in [1.807, 2.05) is 20.8 Å². The minimum atomic E-state index is -0.160. The lowest BCUT2D eigenvalue weighted by Crippen LogP contribution is -2.19. The lowest BCUT2D eigenvalue weighted by atomic mass is 9.88. The zero-order valence-electron chi connectivity index (χ0n) is 10.1. The standard InChI is InChI=1S/C12H24O2/c1-12(2,3)11(13)9-7-5-6-8-10-14-4/h5-10H2,1-4H3. The lowest BCUT2D eigenvalue weighted by molar-refractivity contribution is -0.126. The minimum absolute atomic E-state index is 0.160. The van der Waals surface area contributed by atoms with Crippen LogP contribution in [0.2, 0.25) is 0 Å². The van der Waals surface area contributed by atoms with Crippen molar-refractivity contribution in [2.45, 2.75) is 52.9 Å². The van der Waals surface area contributed by atoms with E-state index in [4.69, 9.17) is 4.74 Å². The number of carbonyl (C=O) groups is 1. The van der Waals surface area contributed by atoms with Crippen molar-refractivity contribution in [1.29, 1.82) is 0 Å². The quantitative estimate of drug-likeness (QED) is 0.590. The fourth-order valence-electron chi connectivity index (χ4n) is 1.26. The first-order valence-electron chi connectivity index (χ1n) is 5.50. The van der Waals surface area contributed by atoms with Gasteiger partial charge in [0, 0.05) is 25.6 Å². The number of Topliss-reactive ketones (excluding diaryl/α,β-unsaturated/α-hetero) is 1. The molecule has 2 nitrogen and oxygen atoms in total. The monoisotopic (exact) mass is 200 g/mol. The van der Waals surface area contributed by atoms with Crippen molar-refractivity contribution >= 4 is 5.78 Å². The van der Waals surface area contributed by atoms with Crippen LogP contribution in [-0.2, 0) is 9.53 Å². The Morgan fingerprint density at radius 3 is 2.14 bits per heavy atom. The molecule has 0 aromatic heterocycles. The summed E-state index contributed by atoms with van der Waals surface area (Å²) in [6, 6.07) is 0. The zero-order valence-corrected chi connectivity index (χ0v) is 10.1. The molecule has 0 aromatic rings. The highest BCUT2D eigenvalue weighted by Gasteiger charge is 2.19. The molecule has 0 aromatic carbocycles. The van der Waals surface area contributed by atoms with E-state index in [9.17, 15) is 4.79 Å². The van der Waals surface area contributed by atoms with Crippen LogP contribution < -0.4 is 0 Å². The van der Waals surface area contributed by atoms with Gasteiger partial charge in [0.1, 0.15) is 5.78 Å². The molecule has 0 fully saturated rings. The number of carbonyl (C=O) groups excluding carboxylic acids is 1. The average Bonchev–Trinajstić information content (AvgIpc) is 2.09. The topological polar surface area (TPSA) is 26.3 Å². The van der Waals surface area contributed by atoms with Gasteiger partial charge >= 0.3 is 0 Å². The zero-order chi connectivity index (χ0) is 11.0. The summed E-state index contributed by atoms with van der Waals surface area (Å²) in [5, 5.41) is 0. The summed E-state index contributed by atoms with van der Waals surface area (Å²) < 4.78 is 4.96. The predicted molar refractivity (Wildman–Crippen MR) is 59.4 cm³/mol. The van der Waals surface area contributed by atoms with Crippen molar-refractivity contribution in [1.82, 2.24) is 0 Å². The summed E-state index contributed by atoms with van der Waals surface area (Å²) in [5.74, 6) is 0.379. The van der Waals surface area contributed by atoms with Crippen LogP contribution in [0, 0.1) is 5.41 Å². The molecule has 0 atom stereocenters. The third-order valence-corrected chi connectivity index (χ3v) is 2.34. The Labute approximate surface area is 88.0 Å². The first-order valence-corrected chi connectivity index (χ1v) is 5.50. The Morgan fingerprint density at radius 2 is 1.64 bits per heavy atom. The predicted octanol–water partition coefficient (Wildman–Crippen LogP) is 3.20. The largest absolute Gasteiger partial charge is 0.385 e. The fraction of sp³-hybridized carbons (Fsp3) is 0.917. The number of methoxy groups -OCH3 is 1. The molecule has 0 N–H and O–H groups in total. The molecule has 0 unspecified atom stereocenters. The fourth-order valence-corrected chi connectivity index (χ4v) is 1.26. The van der Waals surface area contributed by atoms with Crippen LogP contribution in [0.25, 0.3) is 0 Å². The van der Waals surface area contributed by atoms with Gasteiger partial charge in [-0.05, 0) is 12.8 Å². The van der Waals surface area contributed by atoms with Gasteiger partial charge in [-0.2, -0.15) is 0 Å². The highest BCUT2D eigenvalue weighted by Crippen LogP contribution is 2.18. The molecule has 2 heteroatoms. The van der Waals surface area contributed by atoms with Gasteiger partial charge in [0.15, 0.2) is 0 Å². The summed E-state index contributed by atoms with van der Waals surface area (Å²) in [6.07, 6.45) is 5.19. The van der Waals surface area contributed by atoms with Gasteiger partial charge in [-0.25, -0.2) is 0 Å². The highest BCUT2D eigenvalue weighted by molar-refractivity contribution is 5.83. The normalized spacial score (nSPS) is 11.7. The Hall–Kier alpha value is -0.370. The number of rotatable bonds is 7. The molecular formula is C12H24O2. The number of ketones is 1. The second-order valence-electron chi connectivity index (χ2n) is 4.83. The van der Waals surface area contributed by atoms with Crippen LogP contribution in [0.15, 0.2) is 0 Å². The lowest BCUT2D eigenvalue weighted by Gasteiger charge is -2.16. The second kappa shape index (κ2) is 6.99. The van der Waals surface area contributed by atoms with Gasteiger partial charge < -0.3 is 4.74 Å². The Balaban J connectivity index is 3.33. The molecule has 0 rings (SSSR count). The van der Waals surface area contributed by atoms with Gasteiger partial charge in [0.2, 0.25) is 0 Å². The smallest absolute Gasteiger partial charge is 0.138 e. The van der Waals surface area contributed by atoms with E-state index in [1.54, 1.807) is 7.11 Å². The van der Waals surface area contributed by atoms with Gasteiger partial charge in [0.05, 0.1) is 0 Å². The molecule has 0 radical (unpaired) electrons. The highest BCUT2D eigenvalue weighted by atomic mass is 16.5. The summed E-state index contributed by atoms with van der Waals surface area (Å²) in [6.45, 7) is 6.80. The van der Waals surface area contributed by atoms with Crippen molar-refractivity contribution in [2.24, 2.45) is 5.41 Å². The van der Waals surface area contributed by atoms with Crippen molar-refractivity contribution in [3.63, 3.8) is 0 Å². The first-order chi connectivity index (χ1) is 6.48. The van der Waals surface area contributed by atoms with Crippen LogP contribution in [0.3, 0.4) is 0 Å². The molecule has 0 aliphatic carbocycles. The van der Waals surface area contributed by atoms with Crippen molar-refractivity contribution in [3.05, 3.63) is 0 Å². The molecule has 0 aliphatic rings. The number of hydrogen-bond donors (Lipinski definition) is 0. The van der Waals surface area contributed by atoms with Crippen molar-refractivity contribution in [2.75, 3.05) is 13.7 Å². The molecule has 0 spiro atoms. The third kappa shape index (κ3) is 7.07. The number of ether oxygens (including phenoxy) is 1. The molecule has 0 aliphatic heterocycles. The minimum Gasteiger partial charge on any atom is -0.385 e. The summed E-state index contributed by atoms with van der Waals surface area (Å²) in [4.78, 5) is 11.5. The van der Waals surface area contributed by atoms with Crippen LogP contribution in [0.5, 0.6) is 0 Å². The average molecular weight is 200 g/mol. The van der Waals surface area contributed by atoms with E-state index < -0.39 is 0 Å². The van der Waals surface area contributed by atoms with Crippen LogP contribution in [0.1, 0.15) is 52.9 Å². The SMILES string of the molecule is COCCCCCCC(=O)C(C)(C)C. The molecule has 0 heterocycles. The summed E-state index contributed by atoms with van der Waals surface area (Å²) in [7, 11) is 1.73. The number of hydrogen-bond acceptors (Lipinski definition) is 2. The van der Waals surface area contributed by atoms with Gasteiger partial charge in [-0.15, -0.1) is 0 Å². The van der Waals surface area contributed by atoms with Crippen LogP contribution >= 0.6 is 0 Å². The molecule has 84 valence electrons. The van der Waals surface area contributed by atoms with Crippen LogP contribution in [-0.4, -0.2) is 19.5 Å². The van der Waals surface area contributed by atoms with Gasteiger partial charge in [-0.1, -0.05) is 33.6 Å². The summed E-state index contributed by atoms with van der Waals surface area (Å²) >= 11 is 0. The maximum Gasteiger partial charge on any atom is 0.138 e. The van der Waals surface area contributed by atoms with E-state index in [-0.39, 0.29) is 5.41 Å². The van der Waals surface area contributed by atoms with Gasteiger partial charge in [0.25, 0.3) is 0 Å². The molecule has 14 heavy (non-hydrogen) atoms. The van der Waals surface area contributed by atoms with E-state index in [2.05, 4.69) is 0 Å². The first kappa shape index (κ1) is 13.6.